The molecule has 0 amide bonds. The van der Waals surface area contributed by atoms with Crippen molar-refractivity contribution in [2.24, 2.45) is 5.73 Å². The Hall–Kier alpha value is -1.04. The molecule has 0 saturated heterocycles. The summed E-state index contributed by atoms with van der Waals surface area (Å²) in [6.45, 7) is 0.321. The van der Waals surface area contributed by atoms with Gasteiger partial charge in [-0.15, -0.1) is 0 Å². The molecular weight excluding hydrogens is 231 g/mol. The van der Waals surface area contributed by atoms with Gasteiger partial charge in [0, 0.05) is 31.1 Å². The first kappa shape index (κ1) is 12.4. The Balaban J connectivity index is 1.96. The Morgan fingerprint density at radius 2 is 2.24 bits per heavy atom. The maximum atomic E-state index is 12.0. The topological polar surface area (TPSA) is 43.8 Å². The monoisotopic (exact) mass is 247 g/mol. The van der Waals surface area contributed by atoms with Crippen molar-refractivity contribution in [1.82, 2.24) is 9.78 Å². The van der Waals surface area contributed by atoms with Gasteiger partial charge in [0.05, 0.1) is 6.20 Å². The molecule has 1 unspecified atom stereocenters. The highest BCUT2D eigenvalue weighted by molar-refractivity contribution is 5.22. The van der Waals surface area contributed by atoms with Crippen molar-refractivity contribution in [3.05, 3.63) is 17.5 Å². The van der Waals surface area contributed by atoms with Gasteiger partial charge in [-0.2, -0.15) is 18.3 Å². The number of nitrogens with two attached hydrogens (primary N) is 1. The smallest absolute Gasteiger partial charge is 0.327 e. The first-order chi connectivity index (χ1) is 7.96. The van der Waals surface area contributed by atoms with E-state index >= 15 is 0 Å². The van der Waals surface area contributed by atoms with E-state index in [0.717, 1.165) is 30.5 Å². The van der Waals surface area contributed by atoms with Crippen LogP contribution in [-0.4, -0.2) is 22.0 Å². The van der Waals surface area contributed by atoms with Crippen molar-refractivity contribution < 1.29 is 13.2 Å². The molecule has 0 aliphatic heterocycles. The highest BCUT2D eigenvalue weighted by Gasteiger charge is 2.26. The molecule has 0 aromatic carbocycles. The van der Waals surface area contributed by atoms with Crippen molar-refractivity contribution in [2.45, 2.75) is 50.9 Å². The summed E-state index contributed by atoms with van der Waals surface area (Å²) in [7, 11) is 0. The van der Waals surface area contributed by atoms with Gasteiger partial charge in [0.15, 0.2) is 0 Å². The molecule has 0 saturated carbocycles. The first-order valence-corrected chi connectivity index (χ1v) is 5.81. The van der Waals surface area contributed by atoms with Crippen molar-refractivity contribution in [1.29, 1.82) is 0 Å². The van der Waals surface area contributed by atoms with Crippen LogP contribution >= 0.6 is 0 Å². The number of nitrogens with zero attached hydrogens (tertiary/aromatic N) is 2. The van der Waals surface area contributed by atoms with Gasteiger partial charge in [-0.1, -0.05) is 0 Å². The molecular formula is C11H16F3N3. The lowest BCUT2D eigenvalue weighted by Crippen LogP contribution is -2.29. The van der Waals surface area contributed by atoms with E-state index in [1.54, 1.807) is 10.9 Å². The van der Waals surface area contributed by atoms with Crippen LogP contribution in [0.5, 0.6) is 0 Å². The minimum absolute atomic E-state index is 0.0762. The molecule has 1 heterocycles. The summed E-state index contributed by atoms with van der Waals surface area (Å²) in [6, 6.07) is 0.112. The fourth-order valence-electron chi connectivity index (χ4n) is 2.21. The van der Waals surface area contributed by atoms with E-state index in [1.165, 1.54) is 0 Å². The summed E-state index contributed by atoms with van der Waals surface area (Å²) >= 11 is 0. The van der Waals surface area contributed by atoms with Crippen molar-refractivity contribution in [3.8, 4) is 0 Å². The summed E-state index contributed by atoms with van der Waals surface area (Å²) < 4.78 is 37.8. The number of halogens is 3. The lowest BCUT2D eigenvalue weighted by molar-refractivity contribution is -0.136. The number of fused-ring (bicyclic) bond motifs is 1. The predicted octanol–water partition coefficient (Wildman–Crippen LogP) is 2.04. The largest absolute Gasteiger partial charge is 0.389 e. The standard InChI is InChI=1S/C11H16F3N3/c12-11(13,14)4-1-5-17-10-6-9(15)3-2-8(10)7-16-17/h7,9H,1-6,15H2. The second kappa shape index (κ2) is 4.68. The quantitative estimate of drug-likeness (QED) is 0.888. The van der Waals surface area contributed by atoms with Crippen molar-refractivity contribution in [2.75, 3.05) is 0 Å². The second-order valence-electron chi connectivity index (χ2n) is 4.56. The maximum absolute atomic E-state index is 12.0. The van der Waals surface area contributed by atoms with E-state index in [-0.39, 0.29) is 12.5 Å². The summed E-state index contributed by atoms with van der Waals surface area (Å²) in [5.41, 5.74) is 8.01. The van der Waals surface area contributed by atoms with Crippen LogP contribution in [0.1, 0.15) is 30.5 Å². The van der Waals surface area contributed by atoms with Crippen LogP contribution in [0.4, 0.5) is 13.2 Å². The predicted molar refractivity (Wildman–Crippen MR) is 57.5 cm³/mol. The lowest BCUT2D eigenvalue weighted by atomic mass is 9.94. The van der Waals surface area contributed by atoms with E-state index in [4.69, 9.17) is 5.73 Å². The first-order valence-electron chi connectivity index (χ1n) is 5.81. The molecule has 2 N–H and O–H groups in total. The fourth-order valence-corrected chi connectivity index (χ4v) is 2.21. The molecule has 0 spiro atoms. The SMILES string of the molecule is NC1CCc2cnn(CCCC(F)(F)F)c2C1. The zero-order valence-electron chi connectivity index (χ0n) is 9.50. The zero-order valence-corrected chi connectivity index (χ0v) is 9.50. The second-order valence-corrected chi connectivity index (χ2v) is 4.56. The third-order valence-corrected chi connectivity index (χ3v) is 3.11. The van der Waals surface area contributed by atoms with E-state index in [2.05, 4.69) is 5.10 Å². The molecule has 96 valence electrons. The van der Waals surface area contributed by atoms with E-state index in [1.807, 2.05) is 0 Å². The van der Waals surface area contributed by atoms with Crippen LogP contribution in [0.15, 0.2) is 6.20 Å². The highest BCUT2D eigenvalue weighted by Crippen LogP contribution is 2.24. The van der Waals surface area contributed by atoms with E-state index in [9.17, 15) is 13.2 Å². The third kappa shape index (κ3) is 3.21. The van der Waals surface area contributed by atoms with Gasteiger partial charge >= 0.3 is 6.18 Å². The summed E-state index contributed by atoms with van der Waals surface area (Å²) in [5, 5.41) is 4.15. The molecule has 0 fully saturated rings. The van der Waals surface area contributed by atoms with Crippen molar-refractivity contribution in [3.63, 3.8) is 0 Å². The lowest BCUT2D eigenvalue weighted by Gasteiger charge is -2.19. The van der Waals surface area contributed by atoms with Gasteiger partial charge in [-0.25, -0.2) is 0 Å². The molecule has 0 bridgehead atoms. The molecule has 1 aliphatic carbocycles. The van der Waals surface area contributed by atoms with Gasteiger partial charge < -0.3 is 5.73 Å². The normalized spacial score (nSPS) is 20.4. The van der Waals surface area contributed by atoms with Crippen LogP contribution in [0.2, 0.25) is 0 Å². The molecule has 6 heteroatoms. The Bertz CT molecular complexity index is 384. The van der Waals surface area contributed by atoms with Gasteiger partial charge in [0.2, 0.25) is 0 Å². The number of aryl methyl sites for hydroxylation is 2. The zero-order chi connectivity index (χ0) is 12.5. The molecule has 2 rings (SSSR count). The average molecular weight is 247 g/mol. The van der Waals surface area contributed by atoms with Crippen LogP contribution in [0, 0.1) is 0 Å². The Morgan fingerprint density at radius 3 is 2.94 bits per heavy atom. The van der Waals surface area contributed by atoms with Gasteiger partial charge in [0.1, 0.15) is 0 Å². The van der Waals surface area contributed by atoms with Crippen LogP contribution < -0.4 is 5.73 Å². The maximum Gasteiger partial charge on any atom is 0.389 e. The summed E-state index contributed by atoms with van der Waals surface area (Å²) in [4.78, 5) is 0. The minimum atomic E-state index is -4.08. The number of hydrogen-bond donors (Lipinski definition) is 1. The fraction of sp³-hybridized carbons (Fsp3) is 0.727. The molecule has 1 aromatic rings. The number of hydrogen-bond acceptors (Lipinski definition) is 2. The van der Waals surface area contributed by atoms with Crippen LogP contribution in [-0.2, 0) is 19.4 Å². The summed E-state index contributed by atoms with van der Waals surface area (Å²) in [6.07, 6.45) is -0.461. The van der Waals surface area contributed by atoms with Crippen molar-refractivity contribution >= 4 is 0 Å². The van der Waals surface area contributed by atoms with Gasteiger partial charge in [0.25, 0.3) is 0 Å². The Kier molecular flexibility index (Phi) is 3.42. The Morgan fingerprint density at radius 1 is 1.47 bits per heavy atom. The number of aromatic nitrogens is 2. The van der Waals surface area contributed by atoms with E-state index in [0.29, 0.717) is 6.54 Å². The molecule has 1 aromatic heterocycles. The number of alkyl halides is 3. The molecule has 1 atom stereocenters. The van der Waals surface area contributed by atoms with Gasteiger partial charge in [-0.3, -0.25) is 4.68 Å². The van der Waals surface area contributed by atoms with E-state index < -0.39 is 12.6 Å². The molecule has 0 radical (unpaired) electrons. The Labute approximate surface area is 97.8 Å². The van der Waals surface area contributed by atoms with Crippen LogP contribution in [0.25, 0.3) is 0 Å². The van der Waals surface area contributed by atoms with Gasteiger partial charge in [-0.05, 0) is 24.8 Å². The summed E-state index contributed by atoms with van der Waals surface area (Å²) in [5.74, 6) is 0. The minimum Gasteiger partial charge on any atom is -0.327 e. The average Bonchev–Trinajstić information content (AvgIpc) is 2.59. The number of rotatable bonds is 3. The van der Waals surface area contributed by atoms with Crippen LogP contribution in [0.3, 0.4) is 0 Å². The third-order valence-electron chi connectivity index (χ3n) is 3.11. The molecule has 17 heavy (non-hydrogen) atoms. The highest BCUT2D eigenvalue weighted by atomic mass is 19.4. The molecule has 1 aliphatic rings. The molecule has 3 nitrogen and oxygen atoms in total.